The van der Waals surface area contributed by atoms with Gasteiger partial charge in [-0.25, -0.2) is 9.78 Å². The lowest BCUT2D eigenvalue weighted by Crippen LogP contribution is -2.26. The number of carbonyl (C=O) groups is 3. The molecule has 1 aliphatic rings. The first-order chi connectivity index (χ1) is 19.0. The summed E-state index contributed by atoms with van der Waals surface area (Å²) in [6.07, 6.45) is 9.52. The number of nitrogens with zero attached hydrogens (tertiary/aromatic N) is 2. The van der Waals surface area contributed by atoms with Crippen molar-refractivity contribution in [1.29, 1.82) is 0 Å². The van der Waals surface area contributed by atoms with Gasteiger partial charge < -0.3 is 14.6 Å². The van der Waals surface area contributed by atoms with Crippen molar-refractivity contribution in [2.45, 2.75) is 64.5 Å². The summed E-state index contributed by atoms with van der Waals surface area (Å²) >= 11 is 0. The number of ketones is 1. The van der Waals surface area contributed by atoms with Crippen LogP contribution in [0.4, 0.5) is 5.82 Å². The van der Waals surface area contributed by atoms with Crippen LogP contribution in [0.25, 0.3) is 10.9 Å². The molecule has 0 saturated carbocycles. The van der Waals surface area contributed by atoms with Crippen molar-refractivity contribution in [3.05, 3.63) is 95.3 Å². The van der Waals surface area contributed by atoms with Crippen LogP contribution in [0.15, 0.2) is 73.1 Å². The van der Waals surface area contributed by atoms with E-state index in [-0.39, 0.29) is 18.3 Å². The lowest BCUT2D eigenvalue weighted by Gasteiger charge is -2.20. The number of ether oxygens (including phenoxy) is 1. The quantitative estimate of drug-likeness (QED) is 0.175. The number of Topliss-reactive ketones (excluding diaryl/α,β-unsaturated/α-hetero) is 1. The predicted molar refractivity (Wildman–Crippen MR) is 151 cm³/mol. The van der Waals surface area contributed by atoms with E-state index in [0.29, 0.717) is 30.6 Å². The Morgan fingerprint density at radius 3 is 2.62 bits per heavy atom. The second-order valence-corrected chi connectivity index (χ2v) is 10.0. The van der Waals surface area contributed by atoms with Crippen LogP contribution >= 0.6 is 0 Å². The number of nitrogens with one attached hydrogen (secondary N) is 1. The maximum atomic E-state index is 13.6. The molecule has 5 rings (SSSR count). The van der Waals surface area contributed by atoms with E-state index in [1.54, 1.807) is 12.1 Å². The maximum absolute atomic E-state index is 13.6. The molecule has 39 heavy (non-hydrogen) atoms. The van der Waals surface area contributed by atoms with E-state index in [1.165, 1.54) is 6.20 Å². The minimum Gasteiger partial charge on any atom is -0.457 e. The molecule has 7 nitrogen and oxygen atoms in total. The Labute approximate surface area is 228 Å². The summed E-state index contributed by atoms with van der Waals surface area (Å²) in [5.41, 5.74) is 3.99. The summed E-state index contributed by atoms with van der Waals surface area (Å²) in [7, 11) is 0. The standard InChI is InChI=1S/C32H33N3O4/c1-2-3-4-8-13-27(35-20-24-15-17-28(36)25-12-9-14-26(35)30(24)25)31(37)34-29-18-16-23(19-33-29)32(38)39-21-22-10-6-5-7-11-22/h5-7,9-12,14,16,18-20,27H,2-4,8,13,15,17,21H2,1H3,(H,33,34,37). The molecule has 0 bridgehead atoms. The largest absolute Gasteiger partial charge is 0.457 e. The molecular weight excluding hydrogens is 490 g/mol. The zero-order chi connectivity index (χ0) is 27.2. The van der Waals surface area contributed by atoms with E-state index in [2.05, 4.69) is 17.2 Å². The molecule has 2 aromatic heterocycles. The molecule has 2 aromatic carbocycles. The summed E-state index contributed by atoms with van der Waals surface area (Å²) in [6.45, 7) is 2.34. The van der Waals surface area contributed by atoms with Crippen LogP contribution in [0.5, 0.6) is 0 Å². The van der Waals surface area contributed by atoms with Crippen LogP contribution in [0, 0.1) is 0 Å². The van der Waals surface area contributed by atoms with Gasteiger partial charge in [0.1, 0.15) is 18.5 Å². The monoisotopic (exact) mass is 523 g/mol. The third kappa shape index (κ3) is 5.93. The summed E-state index contributed by atoms with van der Waals surface area (Å²) in [4.78, 5) is 42.9. The van der Waals surface area contributed by atoms with Gasteiger partial charge in [-0.3, -0.25) is 9.59 Å². The highest BCUT2D eigenvalue weighted by molar-refractivity contribution is 6.11. The molecule has 1 amide bonds. The van der Waals surface area contributed by atoms with E-state index in [1.807, 2.05) is 59.3 Å². The molecule has 1 atom stereocenters. The Morgan fingerprint density at radius 2 is 1.85 bits per heavy atom. The topological polar surface area (TPSA) is 90.3 Å². The van der Waals surface area contributed by atoms with E-state index in [4.69, 9.17) is 4.74 Å². The molecule has 0 fully saturated rings. The number of carbonyl (C=O) groups excluding carboxylic acids is 3. The predicted octanol–water partition coefficient (Wildman–Crippen LogP) is 6.67. The Balaban J connectivity index is 1.32. The second kappa shape index (κ2) is 12.1. The molecule has 2 heterocycles. The number of hydrogen-bond donors (Lipinski definition) is 1. The number of amides is 1. The Kier molecular flexibility index (Phi) is 8.16. The average molecular weight is 524 g/mol. The highest BCUT2D eigenvalue weighted by atomic mass is 16.5. The van der Waals surface area contributed by atoms with Crippen molar-refractivity contribution in [3.8, 4) is 0 Å². The SMILES string of the molecule is CCCCCCC(C(=O)Nc1ccc(C(=O)OCc2ccccc2)cn1)n1cc2c3c(cccc31)C(=O)CC2. The number of pyridine rings is 1. The average Bonchev–Trinajstić information content (AvgIpc) is 3.34. The van der Waals surface area contributed by atoms with Crippen molar-refractivity contribution in [2.24, 2.45) is 0 Å². The van der Waals surface area contributed by atoms with Gasteiger partial charge in [0.25, 0.3) is 0 Å². The molecule has 0 aliphatic heterocycles. The number of esters is 1. The van der Waals surface area contributed by atoms with E-state index >= 15 is 0 Å². The lowest BCUT2D eigenvalue weighted by atomic mass is 9.92. The highest BCUT2D eigenvalue weighted by Gasteiger charge is 2.27. The van der Waals surface area contributed by atoms with Gasteiger partial charge in [0.2, 0.25) is 5.91 Å². The third-order valence-electron chi connectivity index (χ3n) is 7.29. The Morgan fingerprint density at radius 1 is 1.00 bits per heavy atom. The summed E-state index contributed by atoms with van der Waals surface area (Å²) in [6, 6.07) is 18.0. The number of rotatable bonds is 11. The van der Waals surface area contributed by atoms with Gasteiger partial charge in [-0.1, -0.05) is 75.1 Å². The normalized spacial score (nSPS) is 13.3. The fourth-order valence-electron chi connectivity index (χ4n) is 5.22. The van der Waals surface area contributed by atoms with Crippen molar-refractivity contribution < 1.29 is 19.1 Å². The molecule has 1 unspecified atom stereocenters. The first kappa shape index (κ1) is 26.4. The minimum absolute atomic E-state index is 0.154. The van der Waals surface area contributed by atoms with Gasteiger partial charge in [0, 0.05) is 35.3 Å². The fourth-order valence-corrected chi connectivity index (χ4v) is 5.22. The Bertz CT molecular complexity index is 1470. The number of aromatic nitrogens is 2. The van der Waals surface area contributed by atoms with E-state index in [0.717, 1.165) is 53.3 Å². The van der Waals surface area contributed by atoms with Gasteiger partial charge in [-0.05, 0) is 42.2 Å². The van der Waals surface area contributed by atoms with Crippen LogP contribution in [-0.2, 0) is 22.6 Å². The van der Waals surface area contributed by atoms with Crippen LogP contribution in [0.1, 0.15) is 83.3 Å². The zero-order valence-electron chi connectivity index (χ0n) is 22.2. The van der Waals surface area contributed by atoms with Gasteiger partial charge in [-0.15, -0.1) is 0 Å². The summed E-state index contributed by atoms with van der Waals surface area (Å²) in [5, 5.41) is 3.92. The van der Waals surface area contributed by atoms with Gasteiger partial charge in [0.05, 0.1) is 5.56 Å². The van der Waals surface area contributed by atoms with Crippen molar-refractivity contribution in [3.63, 3.8) is 0 Å². The molecule has 0 saturated heterocycles. The molecule has 7 heteroatoms. The fraction of sp³-hybridized carbons (Fsp3) is 0.312. The van der Waals surface area contributed by atoms with Crippen LogP contribution in [0.2, 0.25) is 0 Å². The van der Waals surface area contributed by atoms with Crippen molar-refractivity contribution in [2.75, 3.05) is 5.32 Å². The lowest BCUT2D eigenvalue weighted by molar-refractivity contribution is -0.119. The van der Waals surface area contributed by atoms with Gasteiger partial charge >= 0.3 is 5.97 Å². The number of benzene rings is 2. The van der Waals surface area contributed by atoms with Crippen LogP contribution in [-0.4, -0.2) is 27.2 Å². The van der Waals surface area contributed by atoms with Crippen molar-refractivity contribution in [1.82, 2.24) is 9.55 Å². The first-order valence-electron chi connectivity index (χ1n) is 13.7. The molecule has 1 N–H and O–H groups in total. The van der Waals surface area contributed by atoms with Crippen molar-refractivity contribution >= 4 is 34.4 Å². The third-order valence-corrected chi connectivity index (χ3v) is 7.29. The smallest absolute Gasteiger partial charge is 0.340 e. The number of hydrogen-bond acceptors (Lipinski definition) is 5. The minimum atomic E-state index is -0.472. The molecule has 0 spiro atoms. The molecule has 0 radical (unpaired) electrons. The van der Waals surface area contributed by atoms with E-state index < -0.39 is 12.0 Å². The molecular formula is C32H33N3O4. The van der Waals surface area contributed by atoms with Gasteiger partial charge in [0.15, 0.2) is 5.78 Å². The molecule has 1 aliphatic carbocycles. The Hall–Kier alpha value is -4.26. The van der Waals surface area contributed by atoms with Crippen LogP contribution < -0.4 is 5.32 Å². The molecule has 4 aromatic rings. The summed E-state index contributed by atoms with van der Waals surface area (Å²) in [5.74, 6) is -0.116. The zero-order valence-corrected chi connectivity index (χ0v) is 22.2. The van der Waals surface area contributed by atoms with Gasteiger partial charge in [-0.2, -0.15) is 0 Å². The highest BCUT2D eigenvalue weighted by Crippen LogP contribution is 2.34. The number of anilines is 1. The maximum Gasteiger partial charge on any atom is 0.340 e. The number of unbranched alkanes of at least 4 members (excludes halogenated alkanes) is 3. The number of aryl methyl sites for hydroxylation is 1. The summed E-state index contributed by atoms with van der Waals surface area (Å²) < 4.78 is 7.41. The molecule has 200 valence electrons. The first-order valence-corrected chi connectivity index (χ1v) is 13.7. The second-order valence-electron chi connectivity index (χ2n) is 10.0. The van der Waals surface area contributed by atoms with E-state index in [9.17, 15) is 14.4 Å². The van der Waals surface area contributed by atoms with Crippen LogP contribution in [0.3, 0.4) is 0 Å².